The number of aromatic nitrogens is 2. The van der Waals surface area contributed by atoms with Gasteiger partial charge in [-0.05, 0) is 41.5 Å². The van der Waals surface area contributed by atoms with Crippen LogP contribution in [0.5, 0.6) is 0 Å². The molecule has 0 saturated heterocycles. The van der Waals surface area contributed by atoms with E-state index >= 15 is 0 Å². The topological polar surface area (TPSA) is 34.9 Å². The van der Waals surface area contributed by atoms with Crippen molar-refractivity contribution in [3.63, 3.8) is 0 Å². The molecule has 0 spiro atoms. The number of carbonyl (C=O) groups excluding carboxylic acids is 1. The minimum absolute atomic E-state index is 0.0221. The average molecular weight is 419 g/mol. The fraction of sp³-hybridized carbons (Fsp3) is 0.0370. The Morgan fingerprint density at radius 3 is 2.32 bits per heavy atom. The SMILES string of the molecule is CC(=O)n1c2ccccc2c2cc(-c3ccccc3-c3nc4ccccc4s3)ccc21. The lowest BCUT2D eigenvalue weighted by molar-refractivity contribution is 0.0946. The number of hydrogen-bond acceptors (Lipinski definition) is 3. The van der Waals surface area contributed by atoms with Crippen LogP contribution in [-0.4, -0.2) is 15.5 Å². The summed E-state index contributed by atoms with van der Waals surface area (Å²) in [7, 11) is 0. The van der Waals surface area contributed by atoms with Crippen LogP contribution in [0.15, 0.2) is 91.0 Å². The van der Waals surface area contributed by atoms with Crippen LogP contribution in [-0.2, 0) is 0 Å². The van der Waals surface area contributed by atoms with E-state index in [1.807, 2.05) is 24.3 Å². The van der Waals surface area contributed by atoms with E-state index in [1.165, 1.54) is 4.70 Å². The minimum atomic E-state index is 0.0221. The summed E-state index contributed by atoms with van der Waals surface area (Å²) in [6, 6.07) is 31.1. The fourth-order valence-electron chi connectivity index (χ4n) is 4.39. The summed E-state index contributed by atoms with van der Waals surface area (Å²) in [6.45, 7) is 1.61. The molecule has 0 saturated carbocycles. The summed E-state index contributed by atoms with van der Waals surface area (Å²) in [5.74, 6) is 0.0221. The molecule has 0 atom stereocenters. The van der Waals surface area contributed by atoms with E-state index in [0.29, 0.717) is 0 Å². The zero-order valence-electron chi connectivity index (χ0n) is 16.9. The molecule has 2 aromatic heterocycles. The van der Waals surface area contributed by atoms with E-state index in [0.717, 1.165) is 49.0 Å². The number of thiazole rings is 1. The fourth-order valence-corrected chi connectivity index (χ4v) is 5.39. The largest absolute Gasteiger partial charge is 0.280 e. The van der Waals surface area contributed by atoms with E-state index in [4.69, 9.17) is 4.98 Å². The maximum absolute atomic E-state index is 12.4. The van der Waals surface area contributed by atoms with Gasteiger partial charge in [-0.15, -0.1) is 11.3 Å². The highest BCUT2D eigenvalue weighted by atomic mass is 32.1. The predicted octanol–water partition coefficient (Wildman–Crippen LogP) is 7.40. The molecule has 6 aromatic rings. The van der Waals surface area contributed by atoms with Gasteiger partial charge in [-0.2, -0.15) is 0 Å². The molecule has 4 aromatic carbocycles. The Hall–Kier alpha value is -3.76. The molecule has 6 rings (SSSR count). The van der Waals surface area contributed by atoms with Gasteiger partial charge >= 0.3 is 0 Å². The van der Waals surface area contributed by atoms with E-state index in [-0.39, 0.29) is 5.91 Å². The molecular weight excluding hydrogens is 400 g/mol. The number of fused-ring (bicyclic) bond motifs is 4. The van der Waals surface area contributed by atoms with Crippen molar-refractivity contribution in [2.24, 2.45) is 0 Å². The highest BCUT2D eigenvalue weighted by Gasteiger charge is 2.16. The van der Waals surface area contributed by atoms with E-state index < -0.39 is 0 Å². The smallest absolute Gasteiger partial charge is 0.228 e. The predicted molar refractivity (Wildman–Crippen MR) is 130 cm³/mol. The molecule has 0 aliphatic heterocycles. The van der Waals surface area contributed by atoms with Crippen molar-refractivity contribution in [1.82, 2.24) is 9.55 Å². The first-order valence-corrected chi connectivity index (χ1v) is 11.0. The zero-order chi connectivity index (χ0) is 20.9. The van der Waals surface area contributed by atoms with Crippen molar-refractivity contribution in [1.29, 1.82) is 0 Å². The lowest BCUT2D eigenvalue weighted by Gasteiger charge is -2.08. The third kappa shape index (κ3) is 2.80. The monoisotopic (exact) mass is 418 g/mol. The number of benzene rings is 4. The zero-order valence-corrected chi connectivity index (χ0v) is 17.7. The van der Waals surface area contributed by atoms with Gasteiger partial charge in [0.2, 0.25) is 5.91 Å². The van der Waals surface area contributed by atoms with E-state index in [9.17, 15) is 4.79 Å². The van der Waals surface area contributed by atoms with Crippen molar-refractivity contribution in [2.75, 3.05) is 0 Å². The van der Waals surface area contributed by atoms with E-state index in [2.05, 4.69) is 66.7 Å². The van der Waals surface area contributed by atoms with Crippen LogP contribution in [0.25, 0.3) is 53.7 Å². The van der Waals surface area contributed by atoms with Gasteiger partial charge in [-0.1, -0.05) is 60.7 Å². The van der Waals surface area contributed by atoms with E-state index in [1.54, 1.807) is 22.8 Å². The molecular formula is C27H18N2OS. The quantitative estimate of drug-likeness (QED) is 0.294. The number of carbonyl (C=O) groups is 1. The molecule has 0 amide bonds. The molecule has 4 heteroatoms. The number of nitrogens with zero attached hydrogens (tertiary/aromatic N) is 2. The highest BCUT2D eigenvalue weighted by molar-refractivity contribution is 7.21. The molecule has 3 nitrogen and oxygen atoms in total. The number of rotatable bonds is 2. The first kappa shape index (κ1) is 18.0. The maximum atomic E-state index is 12.4. The van der Waals surface area contributed by atoms with Gasteiger partial charge in [0.1, 0.15) is 5.01 Å². The summed E-state index contributed by atoms with van der Waals surface area (Å²) in [4.78, 5) is 17.2. The van der Waals surface area contributed by atoms with Gasteiger partial charge in [0, 0.05) is 23.3 Å². The van der Waals surface area contributed by atoms with Gasteiger partial charge in [0.25, 0.3) is 0 Å². The van der Waals surface area contributed by atoms with Crippen LogP contribution < -0.4 is 0 Å². The second kappa shape index (κ2) is 6.89. The van der Waals surface area contributed by atoms with Crippen LogP contribution in [0.4, 0.5) is 0 Å². The highest BCUT2D eigenvalue weighted by Crippen LogP contribution is 2.39. The normalized spacial score (nSPS) is 11.5. The Labute approximate surface area is 183 Å². The standard InChI is InChI=1S/C27H18N2OS/c1-17(30)29-24-12-6-4-9-20(24)22-16-18(14-15-25(22)29)19-8-2-3-10-21(19)27-28-23-11-5-7-13-26(23)31-27/h2-16H,1H3. The van der Waals surface area contributed by atoms with Crippen LogP contribution in [0.2, 0.25) is 0 Å². The molecule has 0 aliphatic carbocycles. The van der Waals surface area contributed by atoms with Crippen LogP contribution in [0.1, 0.15) is 11.7 Å². The summed E-state index contributed by atoms with van der Waals surface area (Å²) >= 11 is 1.71. The van der Waals surface area contributed by atoms with Crippen molar-refractivity contribution in [2.45, 2.75) is 6.92 Å². The summed E-state index contributed by atoms with van der Waals surface area (Å²) in [6.07, 6.45) is 0. The van der Waals surface area contributed by atoms with Crippen LogP contribution >= 0.6 is 11.3 Å². The second-order valence-corrected chi connectivity index (χ2v) is 8.67. The summed E-state index contributed by atoms with van der Waals surface area (Å²) in [5, 5.41) is 3.19. The van der Waals surface area contributed by atoms with Gasteiger partial charge in [0.05, 0.1) is 21.3 Å². The van der Waals surface area contributed by atoms with Crippen LogP contribution in [0, 0.1) is 0 Å². The number of para-hydroxylation sites is 2. The molecule has 0 unspecified atom stereocenters. The molecule has 0 bridgehead atoms. The van der Waals surface area contributed by atoms with Crippen molar-refractivity contribution >= 4 is 49.3 Å². The molecule has 0 radical (unpaired) electrons. The van der Waals surface area contributed by atoms with Gasteiger partial charge in [0.15, 0.2) is 0 Å². The Morgan fingerprint density at radius 2 is 1.48 bits per heavy atom. The Bertz CT molecular complexity index is 1590. The minimum Gasteiger partial charge on any atom is -0.280 e. The molecule has 148 valence electrons. The van der Waals surface area contributed by atoms with Crippen molar-refractivity contribution < 1.29 is 4.79 Å². The third-order valence-corrected chi connectivity index (χ3v) is 6.82. The Balaban J connectivity index is 1.60. The average Bonchev–Trinajstić information content (AvgIpc) is 3.38. The molecule has 0 aliphatic rings. The summed E-state index contributed by atoms with van der Waals surface area (Å²) < 4.78 is 2.99. The van der Waals surface area contributed by atoms with Crippen molar-refractivity contribution in [3.8, 4) is 21.7 Å². The Kier molecular flexibility index (Phi) is 4.01. The maximum Gasteiger partial charge on any atom is 0.228 e. The lowest BCUT2D eigenvalue weighted by Crippen LogP contribution is -2.04. The molecule has 0 N–H and O–H groups in total. The Morgan fingerprint density at radius 1 is 0.774 bits per heavy atom. The molecule has 2 heterocycles. The molecule has 31 heavy (non-hydrogen) atoms. The molecule has 0 fully saturated rings. The van der Waals surface area contributed by atoms with Gasteiger partial charge in [-0.3, -0.25) is 9.36 Å². The first-order valence-electron chi connectivity index (χ1n) is 10.2. The van der Waals surface area contributed by atoms with Crippen LogP contribution in [0.3, 0.4) is 0 Å². The first-order chi connectivity index (χ1) is 15.2. The van der Waals surface area contributed by atoms with Crippen molar-refractivity contribution in [3.05, 3.63) is 91.0 Å². The second-order valence-electron chi connectivity index (χ2n) is 7.64. The van der Waals surface area contributed by atoms with Gasteiger partial charge < -0.3 is 0 Å². The third-order valence-electron chi connectivity index (χ3n) is 5.75. The lowest BCUT2D eigenvalue weighted by atomic mass is 9.98. The summed E-state index contributed by atoms with van der Waals surface area (Å²) in [5.41, 5.74) is 6.30. The van der Waals surface area contributed by atoms with Gasteiger partial charge in [-0.25, -0.2) is 4.98 Å². The number of hydrogen-bond donors (Lipinski definition) is 0.